The van der Waals surface area contributed by atoms with Gasteiger partial charge in [0.25, 0.3) is 0 Å². The first-order valence-corrected chi connectivity index (χ1v) is 14.7. The number of rotatable bonds is 21. The van der Waals surface area contributed by atoms with E-state index in [9.17, 15) is 9.90 Å². The number of aromatic hydroxyl groups is 1. The van der Waals surface area contributed by atoms with Crippen molar-refractivity contribution in [2.45, 2.75) is 110 Å². The lowest BCUT2D eigenvalue weighted by Crippen LogP contribution is -2.07. The molecule has 0 saturated heterocycles. The maximum absolute atomic E-state index is 12.1. The Kier molecular flexibility index (Phi) is 16.7. The molecule has 37 heavy (non-hydrogen) atoms. The van der Waals surface area contributed by atoms with Crippen molar-refractivity contribution in [3.8, 4) is 11.5 Å². The molecule has 2 rings (SSSR count). The lowest BCUT2D eigenvalue weighted by atomic mass is 10.0. The standard InChI is InChI=1S/C33H49NO3/c1-2-3-4-5-6-7-8-9-10-11-12-13-14-15-16-17-28-37-32-25-21-30(22-26-32)34-33(36)27-20-29-18-23-31(35)24-19-29/h18-27,35H,2-17,28H2,1H3,(H,34,36). The van der Waals surface area contributed by atoms with Crippen LogP contribution in [0.2, 0.25) is 0 Å². The van der Waals surface area contributed by atoms with Gasteiger partial charge in [0.1, 0.15) is 11.5 Å². The zero-order valence-corrected chi connectivity index (χ0v) is 23.1. The molecule has 0 aromatic heterocycles. The van der Waals surface area contributed by atoms with Gasteiger partial charge in [-0.1, -0.05) is 115 Å². The topological polar surface area (TPSA) is 58.6 Å². The van der Waals surface area contributed by atoms with Crippen molar-refractivity contribution in [3.63, 3.8) is 0 Å². The van der Waals surface area contributed by atoms with Crippen LogP contribution in [0.25, 0.3) is 6.08 Å². The molecule has 4 nitrogen and oxygen atoms in total. The van der Waals surface area contributed by atoms with E-state index >= 15 is 0 Å². The second-order valence-corrected chi connectivity index (χ2v) is 10.1. The van der Waals surface area contributed by atoms with E-state index in [-0.39, 0.29) is 11.7 Å². The summed E-state index contributed by atoms with van der Waals surface area (Å²) in [6.45, 7) is 3.02. The average Bonchev–Trinajstić information content (AvgIpc) is 2.91. The Bertz CT molecular complexity index is 858. The number of anilines is 1. The van der Waals surface area contributed by atoms with Crippen LogP contribution in [0.5, 0.6) is 11.5 Å². The number of ether oxygens (including phenoxy) is 1. The van der Waals surface area contributed by atoms with E-state index in [1.807, 2.05) is 24.3 Å². The van der Waals surface area contributed by atoms with E-state index in [2.05, 4.69) is 12.2 Å². The molecule has 0 saturated carbocycles. The van der Waals surface area contributed by atoms with E-state index in [0.29, 0.717) is 0 Å². The normalized spacial score (nSPS) is 11.2. The molecule has 0 aliphatic carbocycles. The van der Waals surface area contributed by atoms with Crippen LogP contribution < -0.4 is 10.1 Å². The van der Waals surface area contributed by atoms with Gasteiger partial charge in [-0.2, -0.15) is 0 Å². The minimum Gasteiger partial charge on any atom is -0.508 e. The minimum atomic E-state index is -0.199. The molecule has 2 aromatic carbocycles. The second kappa shape index (κ2) is 20.3. The van der Waals surface area contributed by atoms with Crippen LogP contribution in [0.4, 0.5) is 5.69 Å². The Labute approximate surface area is 225 Å². The lowest BCUT2D eigenvalue weighted by Gasteiger charge is -2.08. The Morgan fingerprint density at radius 2 is 1.19 bits per heavy atom. The summed E-state index contributed by atoms with van der Waals surface area (Å²) in [6.07, 6.45) is 25.1. The zero-order valence-electron chi connectivity index (χ0n) is 23.1. The molecule has 2 aromatic rings. The molecule has 1 amide bonds. The van der Waals surface area contributed by atoms with Crippen molar-refractivity contribution in [2.75, 3.05) is 11.9 Å². The summed E-state index contributed by atoms with van der Waals surface area (Å²) >= 11 is 0. The Morgan fingerprint density at radius 1 is 0.703 bits per heavy atom. The highest BCUT2D eigenvalue weighted by molar-refractivity contribution is 6.01. The van der Waals surface area contributed by atoms with Crippen molar-refractivity contribution in [2.24, 2.45) is 0 Å². The molecule has 0 aliphatic rings. The van der Waals surface area contributed by atoms with Gasteiger partial charge in [-0.05, 0) is 54.5 Å². The number of phenolic OH excluding ortho intramolecular Hbond substituents is 1. The summed E-state index contributed by atoms with van der Waals surface area (Å²) in [4.78, 5) is 12.1. The summed E-state index contributed by atoms with van der Waals surface area (Å²) < 4.78 is 5.85. The largest absolute Gasteiger partial charge is 0.508 e. The quantitative estimate of drug-likeness (QED) is 0.131. The molecule has 4 heteroatoms. The van der Waals surface area contributed by atoms with Gasteiger partial charge in [-0.15, -0.1) is 0 Å². The number of nitrogens with one attached hydrogen (secondary N) is 1. The van der Waals surface area contributed by atoms with Gasteiger partial charge in [-0.3, -0.25) is 4.79 Å². The third kappa shape index (κ3) is 15.9. The van der Waals surface area contributed by atoms with Gasteiger partial charge in [0, 0.05) is 11.8 Å². The fourth-order valence-electron chi connectivity index (χ4n) is 4.42. The maximum Gasteiger partial charge on any atom is 0.248 e. The van der Waals surface area contributed by atoms with Crippen LogP contribution >= 0.6 is 0 Å². The first-order chi connectivity index (χ1) is 18.2. The fourth-order valence-corrected chi connectivity index (χ4v) is 4.42. The highest BCUT2D eigenvalue weighted by Crippen LogP contribution is 2.18. The van der Waals surface area contributed by atoms with Gasteiger partial charge >= 0.3 is 0 Å². The van der Waals surface area contributed by atoms with Crippen molar-refractivity contribution in [1.82, 2.24) is 0 Å². The van der Waals surface area contributed by atoms with Gasteiger partial charge < -0.3 is 15.2 Å². The van der Waals surface area contributed by atoms with Crippen molar-refractivity contribution in [1.29, 1.82) is 0 Å². The molecular weight excluding hydrogens is 458 g/mol. The first-order valence-electron chi connectivity index (χ1n) is 14.7. The number of carbonyl (C=O) groups excluding carboxylic acids is 1. The number of benzene rings is 2. The van der Waals surface area contributed by atoms with E-state index in [4.69, 9.17) is 4.74 Å². The van der Waals surface area contributed by atoms with Gasteiger partial charge in [0.05, 0.1) is 6.61 Å². The van der Waals surface area contributed by atoms with E-state index in [1.165, 1.54) is 102 Å². The molecule has 0 heterocycles. The fraction of sp³-hybridized carbons (Fsp3) is 0.545. The summed E-state index contributed by atoms with van der Waals surface area (Å²) in [6, 6.07) is 14.2. The van der Waals surface area contributed by atoms with Gasteiger partial charge in [0.2, 0.25) is 5.91 Å². The van der Waals surface area contributed by atoms with Gasteiger partial charge in [-0.25, -0.2) is 0 Å². The lowest BCUT2D eigenvalue weighted by molar-refractivity contribution is -0.111. The van der Waals surface area contributed by atoms with Crippen LogP contribution in [0, 0.1) is 0 Å². The predicted octanol–water partition coefficient (Wildman–Crippen LogP) is 9.68. The van der Waals surface area contributed by atoms with Crippen LogP contribution in [0.3, 0.4) is 0 Å². The van der Waals surface area contributed by atoms with E-state index in [1.54, 1.807) is 30.3 Å². The van der Waals surface area contributed by atoms with Crippen LogP contribution in [-0.4, -0.2) is 17.6 Å². The Morgan fingerprint density at radius 3 is 1.70 bits per heavy atom. The van der Waals surface area contributed by atoms with E-state index in [0.717, 1.165) is 30.0 Å². The highest BCUT2D eigenvalue weighted by atomic mass is 16.5. The minimum absolute atomic E-state index is 0.199. The SMILES string of the molecule is CCCCCCCCCCCCCCCCCCOc1ccc(NC(=O)C=Cc2ccc(O)cc2)cc1. The number of unbranched alkanes of at least 4 members (excludes halogenated alkanes) is 15. The zero-order chi connectivity index (χ0) is 26.4. The smallest absolute Gasteiger partial charge is 0.248 e. The molecule has 204 valence electrons. The van der Waals surface area contributed by atoms with Crippen LogP contribution in [0.15, 0.2) is 54.6 Å². The van der Waals surface area contributed by atoms with Crippen molar-refractivity contribution >= 4 is 17.7 Å². The van der Waals surface area contributed by atoms with Crippen LogP contribution in [0.1, 0.15) is 115 Å². The third-order valence-corrected chi connectivity index (χ3v) is 6.71. The van der Waals surface area contributed by atoms with Crippen LogP contribution in [-0.2, 0) is 4.79 Å². The number of amides is 1. The maximum atomic E-state index is 12.1. The predicted molar refractivity (Wildman–Crippen MR) is 157 cm³/mol. The third-order valence-electron chi connectivity index (χ3n) is 6.71. The molecular formula is C33H49NO3. The number of phenols is 1. The van der Waals surface area contributed by atoms with Gasteiger partial charge in [0.15, 0.2) is 0 Å². The molecule has 0 unspecified atom stereocenters. The van der Waals surface area contributed by atoms with Crippen molar-refractivity contribution < 1.29 is 14.6 Å². The second-order valence-electron chi connectivity index (χ2n) is 10.1. The first kappa shape index (κ1) is 30.5. The van der Waals surface area contributed by atoms with E-state index < -0.39 is 0 Å². The summed E-state index contributed by atoms with van der Waals surface area (Å²) in [5.74, 6) is 0.840. The molecule has 0 bridgehead atoms. The average molecular weight is 508 g/mol. The summed E-state index contributed by atoms with van der Waals surface area (Å²) in [5, 5.41) is 12.2. The summed E-state index contributed by atoms with van der Waals surface area (Å²) in [7, 11) is 0. The van der Waals surface area contributed by atoms with Crippen molar-refractivity contribution in [3.05, 3.63) is 60.2 Å². The molecule has 0 spiro atoms. The number of hydrogen-bond donors (Lipinski definition) is 2. The summed E-state index contributed by atoms with van der Waals surface area (Å²) in [5.41, 5.74) is 1.58. The molecule has 2 N–H and O–H groups in total. The number of hydrogen-bond acceptors (Lipinski definition) is 3. The molecule has 0 fully saturated rings. The molecule has 0 radical (unpaired) electrons. The Hall–Kier alpha value is -2.75. The number of carbonyl (C=O) groups is 1. The monoisotopic (exact) mass is 507 g/mol. The highest BCUT2D eigenvalue weighted by Gasteiger charge is 2.00. The molecule has 0 aliphatic heterocycles. The molecule has 0 atom stereocenters. The Balaban J connectivity index is 1.41.